The Morgan fingerprint density at radius 2 is 1.65 bits per heavy atom. The molecule has 2 aromatic carbocycles. The molecule has 196 valence electrons. The van der Waals surface area contributed by atoms with E-state index in [9.17, 15) is 9.90 Å². The Hall–Kier alpha value is -3.10. The summed E-state index contributed by atoms with van der Waals surface area (Å²) in [6.07, 6.45) is 7.62. The van der Waals surface area contributed by atoms with Gasteiger partial charge >= 0.3 is 0 Å². The summed E-state index contributed by atoms with van der Waals surface area (Å²) in [5.41, 5.74) is 4.27. The van der Waals surface area contributed by atoms with Gasteiger partial charge in [-0.25, -0.2) is 0 Å². The maximum atomic E-state index is 13.5. The van der Waals surface area contributed by atoms with E-state index in [1.54, 1.807) is 11.0 Å². The molecule has 0 aliphatic carbocycles. The summed E-state index contributed by atoms with van der Waals surface area (Å²) < 4.78 is 6.05. The lowest BCUT2D eigenvalue weighted by atomic mass is 10.1. The van der Waals surface area contributed by atoms with E-state index in [1.165, 1.54) is 51.6 Å². The van der Waals surface area contributed by atoms with Crippen LogP contribution in [0.1, 0.15) is 65.7 Å². The molecule has 0 spiro atoms. The molecule has 2 fully saturated rings. The molecule has 8 nitrogen and oxygen atoms in total. The smallest absolute Gasteiger partial charge is 0.258 e. The number of rotatable bonds is 7. The van der Waals surface area contributed by atoms with Gasteiger partial charge in [-0.2, -0.15) is 5.10 Å². The van der Waals surface area contributed by atoms with Gasteiger partial charge in [-0.15, -0.1) is 0 Å². The van der Waals surface area contributed by atoms with Gasteiger partial charge in [-0.05, 0) is 81.2 Å². The molecule has 0 saturated carbocycles. The standard InChI is InChI=1S/C29H37N5O3/c35-28-17-26-24(27(31-30-26)20-33-11-5-2-6-12-33)16-25(28)29(36)34-18-21-7-8-23(15-22(21)19-34)37-14-13-32-9-3-1-4-10-32/h7-8,15-17,35H,1-6,9-14,18-20H2,(H,30,31). The second-order valence-corrected chi connectivity index (χ2v) is 10.8. The van der Waals surface area contributed by atoms with Crippen molar-refractivity contribution in [2.45, 2.75) is 58.2 Å². The number of hydrogen-bond acceptors (Lipinski definition) is 6. The fraction of sp³-hybridized carbons (Fsp3) is 0.517. The summed E-state index contributed by atoms with van der Waals surface area (Å²) in [4.78, 5) is 20.2. The number of carbonyl (C=O) groups is 1. The first-order valence-corrected chi connectivity index (χ1v) is 13.8. The molecule has 3 aliphatic rings. The minimum absolute atomic E-state index is 0.0108. The molecule has 37 heavy (non-hydrogen) atoms. The Morgan fingerprint density at radius 1 is 0.919 bits per heavy atom. The third-order valence-corrected chi connectivity index (χ3v) is 8.12. The summed E-state index contributed by atoms with van der Waals surface area (Å²) in [5, 5.41) is 19.2. The highest BCUT2D eigenvalue weighted by Gasteiger charge is 2.27. The maximum absolute atomic E-state index is 13.5. The van der Waals surface area contributed by atoms with E-state index in [1.807, 2.05) is 12.1 Å². The van der Waals surface area contributed by atoms with Crippen LogP contribution in [-0.4, -0.2) is 75.2 Å². The number of fused-ring (bicyclic) bond motifs is 2. The van der Waals surface area contributed by atoms with E-state index in [-0.39, 0.29) is 11.7 Å². The van der Waals surface area contributed by atoms with Gasteiger partial charge in [0, 0.05) is 37.6 Å². The van der Waals surface area contributed by atoms with Crippen molar-refractivity contribution in [2.24, 2.45) is 0 Å². The van der Waals surface area contributed by atoms with Crippen LogP contribution in [0, 0.1) is 0 Å². The van der Waals surface area contributed by atoms with Crippen molar-refractivity contribution in [2.75, 3.05) is 39.3 Å². The molecule has 8 heteroatoms. The normalized spacial score (nSPS) is 18.9. The van der Waals surface area contributed by atoms with Crippen molar-refractivity contribution in [3.05, 3.63) is 52.7 Å². The third-order valence-electron chi connectivity index (χ3n) is 8.12. The van der Waals surface area contributed by atoms with E-state index < -0.39 is 0 Å². The minimum Gasteiger partial charge on any atom is -0.507 e. The minimum atomic E-state index is -0.159. The fourth-order valence-electron chi connectivity index (χ4n) is 5.98. The summed E-state index contributed by atoms with van der Waals surface area (Å²) >= 11 is 0. The van der Waals surface area contributed by atoms with Crippen molar-refractivity contribution in [3.63, 3.8) is 0 Å². The number of nitrogens with one attached hydrogen (secondary N) is 1. The predicted molar refractivity (Wildman–Crippen MR) is 143 cm³/mol. The molecule has 3 aliphatic heterocycles. The van der Waals surface area contributed by atoms with E-state index in [4.69, 9.17) is 4.74 Å². The Balaban J connectivity index is 1.12. The lowest BCUT2D eigenvalue weighted by Gasteiger charge is -2.26. The fourth-order valence-corrected chi connectivity index (χ4v) is 5.98. The zero-order chi connectivity index (χ0) is 25.2. The van der Waals surface area contributed by atoms with Crippen LogP contribution in [0.3, 0.4) is 0 Å². The number of carbonyl (C=O) groups excluding carboxylic acids is 1. The SMILES string of the molecule is O=C(c1cc2c(CN3CCCCC3)n[nH]c2cc1O)N1Cc2ccc(OCCN3CCCCC3)cc2C1. The average molecular weight is 504 g/mol. The van der Waals surface area contributed by atoms with Crippen molar-refractivity contribution in [1.29, 1.82) is 0 Å². The van der Waals surface area contributed by atoms with Crippen LogP contribution in [-0.2, 0) is 19.6 Å². The number of benzene rings is 2. The molecule has 1 aromatic heterocycles. The average Bonchev–Trinajstić information content (AvgIpc) is 3.52. The number of phenols is 1. The highest BCUT2D eigenvalue weighted by Crippen LogP contribution is 2.32. The number of phenolic OH excluding ortho intramolecular Hbond substituents is 1. The number of aromatic nitrogens is 2. The zero-order valence-electron chi connectivity index (χ0n) is 21.5. The molecule has 3 aromatic rings. The summed E-state index contributed by atoms with van der Waals surface area (Å²) in [6, 6.07) is 9.58. The molecule has 0 unspecified atom stereocenters. The monoisotopic (exact) mass is 503 g/mol. The number of likely N-dealkylation sites (tertiary alicyclic amines) is 2. The van der Waals surface area contributed by atoms with Gasteiger partial charge in [0.15, 0.2) is 0 Å². The number of hydrogen-bond donors (Lipinski definition) is 2. The Labute approximate surface area is 218 Å². The van der Waals surface area contributed by atoms with Crippen LogP contribution in [0.25, 0.3) is 10.9 Å². The number of ether oxygens (including phenoxy) is 1. The first-order valence-electron chi connectivity index (χ1n) is 13.8. The number of amides is 1. The molecule has 0 bridgehead atoms. The van der Waals surface area contributed by atoms with Crippen molar-refractivity contribution >= 4 is 16.8 Å². The van der Waals surface area contributed by atoms with Crippen LogP contribution < -0.4 is 4.74 Å². The van der Waals surface area contributed by atoms with E-state index >= 15 is 0 Å². The Kier molecular flexibility index (Phi) is 7.02. The molecule has 2 saturated heterocycles. The van der Waals surface area contributed by atoms with Gasteiger partial charge in [0.1, 0.15) is 18.1 Å². The lowest BCUT2D eigenvalue weighted by Crippen LogP contribution is -2.33. The third kappa shape index (κ3) is 5.31. The number of aromatic amines is 1. The van der Waals surface area contributed by atoms with Gasteiger partial charge in [0.05, 0.1) is 16.8 Å². The lowest BCUT2D eigenvalue weighted by molar-refractivity contribution is 0.0748. The van der Waals surface area contributed by atoms with Crippen LogP contribution in [0.2, 0.25) is 0 Å². The maximum Gasteiger partial charge on any atom is 0.258 e. The highest BCUT2D eigenvalue weighted by molar-refractivity contribution is 6.01. The molecular weight excluding hydrogens is 466 g/mol. The van der Waals surface area contributed by atoms with Gasteiger partial charge in [0.2, 0.25) is 0 Å². The summed E-state index contributed by atoms with van der Waals surface area (Å²) in [6.45, 7) is 7.93. The molecule has 6 rings (SSSR count). The van der Waals surface area contributed by atoms with Crippen molar-refractivity contribution in [1.82, 2.24) is 24.9 Å². The molecule has 0 radical (unpaired) electrons. The number of aromatic hydroxyl groups is 1. The molecule has 1 amide bonds. The van der Waals surface area contributed by atoms with Gasteiger partial charge in [-0.3, -0.25) is 19.7 Å². The van der Waals surface area contributed by atoms with Crippen LogP contribution in [0.15, 0.2) is 30.3 Å². The second-order valence-electron chi connectivity index (χ2n) is 10.8. The van der Waals surface area contributed by atoms with E-state index in [2.05, 4.69) is 32.1 Å². The second kappa shape index (κ2) is 10.7. The van der Waals surface area contributed by atoms with Gasteiger partial charge in [0.25, 0.3) is 5.91 Å². The van der Waals surface area contributed by atoms with Gasteiger partial charge < -0.3 is 14.7 Å². The van der Waals surface area contributed by atoms with Crippen LogP contribution >= 0.6 is 0 Å². The molecular formula is C29H37N5O3. The number of H-pyrrole nitrogens is 1. The predicted octanol–water partition coefficient (Wildman–Crippen LogP) is 4.28. The number of piperidine rings is 2. The molecule has 2 N–H and O–H groups in total. The summed E-state index contributed by atoms with van der Waals surface area (Å²) in [5.74, 6) is 0.687. The quantitative estimate of drug-likeness (QED) is 0.501. The van der Waals surface area contributed by atoms with Crippen molar-refractivity contribution in [3.8, 4) is 11.5 Å². The first kappa shape index (κ1) is 24.2. The van der Waals surface area contributed by atoms with Crippen LogP contribution in [0.4, 0.5) is 0 Å². The Morgan fingerprint density at radius 3 is 2.43 bits per heavy atom. The Bertz CT molecular complexity index is 1260. The van der Waals surface area contributed by atoms with E-state index in [0.717, 1.165) is 59.7 Å². The van der Waals surface area contributed by atoms with E-state index in [0.29, 0.717) is 25.3 Å². The summed E-state index contributed by atoms with van der Waals surface area (Å²) in [7, 11) is 0. The zero-order valence-corrected chi connectivity index (χ0v) is 21.5. The van der Waals surface area contributed by atoms with Crippen LogP contribution in [0.5, 0.6) is 11.5 Å². The molecule has 4 heterocycles. The van der Waals surface area contributed by atoms with Gasteiger partial charge in [-0.1, -0.05) is 18.9 Å². The molecule has 0 atom stereocenters. The number of nitrogens with zero attached hydrogens (tertiary/aromatic N) is 4. The van der Waals surface area contributed by atoms with Crippen molar-refractivity contribution < 1.29 is 14.6 Å². The topological polar surface area (TPSA) is 84.9 Å². The largest absolute Gasteiger partial charge is 0.507 e. The highest BCUT2D eigenvalue weighted by atomic mass is 16.5. The first-order chi connectivity index (χ1) is 18.1.